The quantitative estimate of drug-likeness (QED) is 0.770. The van der Waals surface area contributed by atoms with E-state index in [0.29, 0.717) is 13.2 Å². The fourth-order valence-corrected chi connectivity index (χ4v) is 2.92. The zero-order valence-corrected chi connectivity index (χ0v) is 13.0. The number of rotatable bonds is 3. The number of hydrogen-bond acceptors (Lipinski definition) is 2. The molecule has 1 unspecified atom stereocenters. The number of alkyl halides is 1. The van der Waals surface area contributed by atoms with Gasteiger partial charge in [-0.25, -0.2) is 0 Å². The molecule has 0 amide bonds. The first kappa shape index (κ1) is 13.5. The number of aryl methyl sites for hydroxylation is 1. The summed E-state index contributed by atoms with van der Waals surface area (Å²) in [5.74, 6) is 1.67. The third-order valence-corrected chi connectivity index (χ3v) is 4.60. The highest BCUT2D eigenvalue weighted by molar-refractivity contribution is 9.09. The Kier molecular flexibility index (Phi) is 3.97. The topological polar surface area (TPSA) is 18.5 Å². The van der Waals surface area contributed by atoms with Crippen LogP contribution in [0.1, 0.15) is 28.4 Å². The molecule has 0 radical (unpaired) electrons. The monoisotopic (exact) mass is 332 g/mol. The van der Waals surface area contributed by atoms with Crippen molar-refractivity contribution in [1.29, 1.82) is 0 Å². The molecular weight excluding hydrogens is 316 g/mol. The van der Waals surface area contributed by atoms with Gasteiger partial charge in [0.25, 0.3) is 0 Å². The minimum atomic E-state index is 0.171. The van der Waals surface area contributed by atoms with Crippen molar-refractivity contribution in [2.45, 2.75) is 18.2 Å². The lowest BCUT2D eigenvalue weighted by Gasteiger charge is -2.20. The van der Waals surface area contributed by atoms with Crippen LogP contribution in [0, 0.1) is 0 Å². The predicted octanol–water partition coefficient (Wildman–Crippen LogP) is 4.50. The summed E-state index contributed by atoms with van der Waals surface area (Å²) in [7, 11) is 0. The van der Waals surface area contributed by atoms with Crippen molar-refractivity contribution in [1.82, 2.24) is 0 Å². The molecule has 1 atom stereocenters. The van der Waals surface area contributed by atoms with Crippen LogP contribution in [0.3, 0.4) is 0 Å². The maximum atomic E-state index is 5.64. The number of halogens is 1. The minimum absolute atomic E-state index is 0.171. The van der Waals surface area contributed by atoms with Gasteiger partial charge in [0, 0.05) is 0 Å². The highest BCUT2D eigenvalue weighted by Crippen LogP contribution is 2.37. The molecule has 20 heavy (non-hydrogen) atoms. The Hall–Kier alpha value is -1.48. The maximum Gasteiger partial charge on any atom is 0.161 e. The smallest absolute Gasteiger partial charge is 0.161 e. The molecule has 0 bridgehead atoms. The molecule has 1 aliphatic heterocycles. The van der Waals surface area contributed by atoms with Crippen molar-refractivity contribution < 1.29 is 9.47 Å². The zero-order valence-electron chi connectivity index (χ0n) is 11.4. The summed E-state index contributed by atoms with van der Waals surface area (Å²) < 4.78 is 11.2. The van der Waals surface area contributed by atoms with E-state index in [1.807, 2.05) is 6.07 Å². The van der Waals surface area contributed by atoms with E-state index in [0.717, 1.165) is 17.9 Å². The molecule has 3 rings (SSSR count). The van der Waals surface area contributed by atoms with Crippen LogP contribution in [0.4, 0.5) is 0 Å². The van der Waals surface area contributed by atoms with Gasteiger partial charge in [0.05, 0.1) is 4.83 Å². The minimum Gasteiger partial charge on any atom is -0.486 e. The predicted molar refractivity (Wildman–Crippen MR) is 84.0 cm³/mol. The summed E-state index contributed by atoms with van der Waals surface area (Å²) in [6.07, 6.45) is 1.07. The van der Waals surface area contributed by atoms with Gasteiger partial charge < -0.3 is 9.47 Å². The van der Waals surface area contributed by atoms with E-state index in [-0.39, 0.29) is 4.83 Å². The largest absolute Gasteiger partial charge is 0.486 e. The van der Waals surface area contributed by atoms with Crippen LogP contribution in [-0.2, 0) is 6.42 Å². The average Bonchev–Trinajstić information content (AvgIpc) is 2.54. The zero-order chi connectivity index (χ0) is 13.9. The normalized spacial score (nSPS) is 14.9. The van der Waals surface area contributed by atoms with Gasteiger partial charge in [-0.2, -0.15) is 0 Å². The Morgan fingerprint density at radius 3 is 2.30 bits per heavy atom. The Labute approximate surface area is 127 Å². The van der Waals surface area contributed by atoms with Crippen molar-refractivity contribution in [3.8, 4) is 11.5 Å². The maximum absolute atomic E-state index is 5.64. The summed E-state index contributed by atoms with van der Waals surface area (Å²) in [6.45, 7) is 3.42. The van der Waals surface area contributed by atoms with Crippen LogP contribution in [0.2, 0.25) is 0 Å². The summed E-state index contributed by atoms with van der Waals surface area (Å²) in [6, 6.07) is 14.8. The second-order valence-corrected chi connectivity index (χ2v) is 5.78. The van der Waals surface area contributed by atoms with Gasteiger partial charge in [0.15, 0.2) is 11.5 Å². The third kappa shape index (κ3) is 2.68. The molecule has 2 aromatic rings. The molecule has 0 N–H and O–H groups in total. The van der Waals surface area contributed by atoms with Crippen LogP contribution in [0.25, 0.3) is 0 Å². The highest BCUT2D eigenvalue weighted by Gasteiger charge is 2.16. The molecule has 0 spiro atoms. The molecular formula is C17H17BrO2. The number of ether oxygens (including phenoxy) is 2. The van der Waals surface area contributed by atoms with Gasteiger partial charge in [0.2, 0.25) is 0 Å². The first-order valence-electron chi connectivity index (χ1n) is 6.90. The first-order chi connectivity index (χ1) is 9.78. The van der Waals surface area contributed by atoms with Gasteiger partial charge >= 0.3 is 0 Å². The first-order valence-corrected chi connectivity index (χ1v) is 7.82. The van der Waals surface area contributed by atoms with Crippen LogP contribution in [0.5, 0.6) is 11.5 Å². The Morgan fingerprint density at radius 1 is 0.950 bits per heavy atom. The Balaban J connectivity index is 1.87. The molecule has 104 valence electrons. The van der Waals surface area contributed by atoms with Crippen LogP contribution in [-0.4, -0.2) is 13.2 Å². The van der Waals surface area contributed by atoms with Gasteiger partial charge in [-0.15, -0.1) is 0 Å². The Bertz CT molecular complexity index is 592. The molecule has 0 saturated heterocycles. The van der Waals surface area contributed by atoms with Gasteiger partial charge in [-0.05, 0) is 35.2 Å². The number of benzene rings is 2. The fourth-order valence-electron chi connectivity index (χ4n) is 2.33. The molecule has 2 aromatic carbocycles. The lowest BCUT2D eigenvalue weighted by atomic mass is 10.0. The van der Waals surface area contributed by atoms with Crippen molar-refractivity contribution in [3.63, 3.8) is 0 Å². The second-order valence-electron chi connectivity index (χ2n) is 4.86. The molecule has 0 saturated carbocycles. The Morgan fingerprint density at radius 2 is 1.60 bits per heavy atom. The molecule has 3 heteroatoms. The van der Waals surface area contributed by atoms with Gasteiger partial charge in [-0.1, -0.05) is 53.2 Å². The van der Waals surface area contributed by atoms with Crippen molar-refractivity contribution in [2.24, 2.45) is 0 Å². The standard InChI is InChI=1S/C17H17BrO2/c1-2-12-3-5-13(6-4-12)17(18)14-7-8-15-16(11-14)20-10-9-19-15/h3-8,11,17H,2,9-10H2,1H3. The van der Waals surface area contributed by atoms with E-state index >= 15 is 0 Å². The van der Waals surface area contributed by atoms with Gasteiger partial charge in [-0.3, -0.25) is 0 Å². The third-order valence-electron chi connectivity index (χ3n) is 3.54. The van der Waals surface area contributed by atoms with Crippen molar-refractivity contribution >= 4 is 15.9 Å². The second kappa shape index (κ2) is 5.88. The fraction of sp³-hybridized carbons (Fsp3) is 0.294. The number of hydrogen-bond donors (Lipinski definition) is 0. The summed E-state index contributed by atoms with van der Waals surface area (Å²) in [4.78, 5) is 0.171. The van der Waals surface area contributed by atoms with E-state index in [2.05, 4.69) is 59.3 Å². The summed E-state index contributed by atoms with van der Waals surface area (Å²) in [5.41, 5.74) is 3.79. The number of fused-ring (bicyclic) bond motifs is 1. The summed E-state index contributed by atoms with van der Waals surface area (Å²) >= 11 is 3.77. The van der Waals surface area contributed by atoms with E-state index in [9.17, 15) is 0 Å². The SMILES string of the molecule is CCc1ccc(C(Br)c2ccc3c(c2)OCCO3)cc1. The van der Waals surface area contributed by atoms with Crippen LogP contribution < -0.4 is 9.47 Å². The summed E-state index contributed by atoms with van der Waals surface area (Å²) in [5, 5.41) is 0. The van der Waals surface area contributed by atoms with E-state index in [1.54, 1.807) is 0 Å². The lowest BCUT2D eigenvalue weighted by Crippen LogP contribution is -2.15. The van der Waals surface area contributed by atoms with Crippen molar-refractivity contribution in [2.75, 3.05) is 13.2 Å². The molecule has 0 aliphatic carbocycles. The van der Waals surface area contributed by atoms with E-state index in [4.69, 9.17) is 9.47 Å². The molecule has 2 nitrogen and oxygen atoms in total. The van der Waals surface area contributed by atoms with E-state index in [1.165, 1.54) is 16.7 Å². The molecule has 0 fully saturated rings. The van der Waals surface area contributed by atoms with Crippen LogP contribution >= 0.6 is 15.9 Å². The van der Waals surface area contributed by atoms with E-state index < -0.39 is 0 Å². The highest BCUT2D eigenvalue weighted by atomic mass is 79.9. The van der Waals surface area contributed by atoms with Crippen LogP contribution in [0.15, 0.2) is 42.5 Å². The average molecular weight is 333 g/mol. The lowest BCUT2D eigenvalue weighted by molar-refractivity contribution is 0.171. The molecule has 1 heterocycles. The molecule has 1 aliphatic rings. The van der Waals surface area contributed by atoms with Gasteiger partial charge in [0.1, 0.15) is 13.2 Å². The molecule has 0 aromatic heterocycles. The van der Waals surface area contributed by atoms with Crippen molar-refractivity contribution in [3.05, 3.63) is 59.2 Å².